The molecule has 0 aliphatic carbocycles. The van der Waals surface area contributed by atoms with Crippen LogP contribution in [0.3, 0.4) is 0 Å². The number of hydrogen-bond donors (Lipinski definition) is 0. The number of para-hydroxylation sites is 1. The van der Waals surface area contributed by atoms with E-state index in [9.17, 15) is 18.9 Å². The van der Waals surface area contributed by atoms with Gasteiger partial charge in [0.15, 0.2) is 5.82 Å². The Morgan fingerprint density at radius 2 is 1.80 bits per heavy atom. The van der Waals surface area contributed by atoms with Gasteiger partial charge in [0.25, 0.3) is 0 Å². The minimum atomic E-state index is -0.979. The van der Waals surface area contributed by atoms with Crippen molar-refractivity contribution >= 4 is 5.69 Å². The third kappa shape index (κ3) is 2.40. The molecule has 0 saturated heterocycles. The number of rotatable bonds is 3. The van der Waals surface area contributed by atoms with E-state index in [1.54, 1.807) is 6.07 Å². The van der Waals surface area contributed by atoms with Crippen LogP contribution in [0.4, 0.5) is 14.5 Å². The molecule has 2 aromatic carbocycles. The number of nitriles is 1. The molecular weight excluding hydrogens is 270 g/mol. The molecule has 0 fully saturated rings. The van der Waals surface area contributed by atoms with E-state index in [1.807, 2.05) is 0 Å². The second kappa shape index (κ2) is 5.32. The van der Waals surface area contributed by atoms with Crippen molar-refractivity contribution in [2.75, 3.05) is 0 Å². The van der Waals surface area contributed by atoms with E-state index in [1.165, 1.54) is 12.1 Å². The molecule has 0 heterocycles. The first-order valence-electron chi connectivity index (χ1n) is 5.34. The van der Waals surface area contributed by atoms with Gasteiger partial charge in [-0.15, -0.1) is 0 Å². The minimum absolute atomic E-state index is 0.291. The van der Waals surface area contributed by atoms with Crippen LogP contribution in [0.2, 0.25) is 0 Å². The monoisotopic (exact) mass is 276 g/mol. The summed E-state index contributed by atoms with van der Waals surface area (Å²) in [5.74, 6) is -2.79. The predicted molar refractivity (Wildman–Crippen MR) is 64.2 cm³/mol. The Kier molecular flexibility index (Phi) is 3.57. The van der Waals surface area contributed by atoms with Crippen LogP contribution in [0.1, 0.15) is 5.56 Å². The number of nitro groups is 1. The van der Waals surface area contributed by atoms with Gasteiger partial charge < -0.3 is 4.74 Å². The largest absolute Gasteiger partial charge is 0.446 e. The van der Waals surface area contributed by atoms with Gasteiger partial charge in [-0.05, 0) is 18.2 Å². The van der Waals surface area contributed by atoms with Crippen LogP contribution in [0.5, 0.6) is 11.5 Å². The number of ether oxygens (including phenoxy) is 1. The molecule has 0 spiro atoms. The first-order chi connectivity index (χ1) is 9.54. The highest BCUT2D eigenvalue weighted by molar-refractivity contribution is 5.52. The smallest absolute Gasteiger partial charge is 0.314 e. The summed E-state index contributed by atoms with van der Waals surface area (Å²) in [4.78, 5) is 9.98. The summed E-state index contributed by atoms with van der Waals surface area (Å²) in [6.07, 6.45) is 0. The van der Waals surface area contributed by atoms with E-state index in [0.29, 0.717) is 0 Å². The highest BCUT2D eigenvalue weighted by Gasteiger charge is 2.22. The maximum absolute atomic E-state index is 13.6. The van der Waals surface area contributed by atoms with Gasteiger partial charge in [-0.3, -0.25) is 10.1 Å². The summed E-state index contributed by atoms with van der Waals surface area (Å²) < 4.78 is 32.0. The van der Waals surface area contributed by atoms with Gasteiger partial charge in [0.2, 0.25) is 5.75 Å². The molecule has 0 aromatic heterocycles. The molecule has 0 aliphatic rings. The summed E-state index contributed by atoms with van der Waals surface area (Å²) in [7, 11) is 0. The molecule has 100 valence electrons. The fraction of sp³-hybridized carbons (Fsp3) is 0. The zero-order valence-electron chi connectivity index (χ0n) is 9.84. The summed E-state index contributed by atoms with van der Waals surface area (Å²) in [5.41, 5.74) is -1.07. The van der Waals surface area contributed by atoms with Crippen molar-refractivity contribution in [2.24, 2.45) is 0 Å². The lowest BCUT2D eigenvalue weighted by molar-refractivity contribution is -0.385. The molecular formula is C13H6F2N2O3. The average Bonchev–Trinajstić information content (AvgIpc) is 2.41. The summed E-state index contributed by atoms with van der Waals surface area (Å²) in [6.45, 7) is 0. The second-order valence-electron chi connectivity index (χ2n) is 3.67. The van der Waals surface area contributed by atoms with Crippen LogP contribution in [0.25, 0.3) is 0 Å². The molecule has 5 nitrogen and oxygen atoms in total. The van der Waals surface area contributed by atoms with Crippen molar-refractivity contribution in [3.63, 3.8) is 0 Å². The van der Waals surface area contributed by atoms with E-state index >= 15 is 0 Å². The quantitative estimate of drug-likeness (QED) is 0.634. The summed E-state index contributed by atoms with van der Waals surface area (Å²) in [6, 6.07) is 8.22. The van der Waals surface area contributed by atoms with Crippen LogP contribution >= 0.6 is 0 Å². The average molecular weight is 276 g/mol. The molecule has 2 rings (SSSR count). The van der Waals surface area contributed by atoms with Gasteiger partial charge in [-0.1, -0.05) is 12.1 Å². The van der Waals surface area contributed by atoms with Crippen molar-refractivity contribution in [1.29, 1.82) is 5.26 Å². The molecule has 0 saturated carbocycles. The molecule has 20 heavy (non-hydrogen) atoms. The Morgan fingerprint density at radius 1 is 1.15 bits per heavy atom. The Balaban J connectivity index is 2.54. The Hall–Kier alpha value is -3.01. The van der Waals surface area contributed by atoms with Crippen molar-refractivity contribution in [2.45, 2.75) is 0 Å². The van der Waals surface area contributed by atoms with E-state index in [0.717, 1.165) is 24.3 Å². The lowest BCUT2D eigenvalue weighted by Gasteiger charge is -2.08. The molecule has 0 radical (unpaired) electrons. The van der Waals surface area contributed by atoms with Crippen molar-refractivity contribution in [1.82, 2.24) is 0 Å². The van der Waals surface area contributed by atoms with Crippen LogP contribution in [0, 0.1) is 33.1 Å². The summed E-state index contributed by atoms with van der Waals surface area (Å²) >= 11 is 0. The predicted octanol–water partition coefficient (Wildman–Crippen LogP) is 3.54. The first-order valence-corrected chi connectivity index (χ1v) is 5.34. The van der Waals surface area contributed by atoms with Crippen molar-refractivity contribution in [3.05, 3.63) is 63.7 Å². The van der Waals surface area contributed by atoms with Gasteiger partial charge >= 0.3 is 5.69 Å². The number of nitrogens with zero attached hydrogens (tertiary/aromatic N) is 2. The lowest BCUT2D eigenvalue weighted by Crippen LogP contribution is -1.98. The van der Waals surface area contributed by atoms with Crippen molar-refractivity contribution in [3.8, 4) is 17.6 Å². The molecule has 0 bridgehead atoms. The Morgan fingerprint density at radius 3 is 2.45 bits per heavy atom. The number of benzene rings is 2. The number of nitro benzene ring substituents is 1. The highest BCUT2D eigenvalue weighted by Crippen LogP contribution is 2.35. The normalized spacial score (nSPS) is 9.85. The van der Waals surface area contributed by atoms with E-state index in [-0.39, 0.29) is 5.75 Å². The topological polar surface area (TPSA) is 76.2 Å². The van der Waals surface area contributed by atoms with Crippen LogP contribution in [0.15, 0.2) is 36.4 Å². The summed E-state index contributed by atoms with van der Waals surface area (Å²) in [5, 5.41) is 19.6. The standard InChI is InChI=1S/C13H6F2N2O3/c14-9-3-2-6-12(8(9)7-16)20-13-10(15)4-1-5-11(13)17(18)19/h1-6H. The zero-order valence-corrected chi connectivity index (χ0v) is 9.84. The third-order valence-electron chi connectivity index (χ3n) is 2.44. The van der Waals surface area contributed by atoms with Gasteiger partial charge in [0.1, 0.15) is 23.2 Å². The molecule has 7 heteroatoms. The molecule has 0 unspecified atom stereocenters. The maximum atomic E-state index is 13.6. The molecule has 0 amide bonds. The van der Waals surface area contributed by atoms with Gasteiger partial charge in [-0.2, -0.15) is 5.26 Å². The van der Waals surface area contributed by atoms with Crippen LogP contribution in [-0.2, 0) is 0 Å². The SMILES string of the molecule is N#Cc1c(F)cccc1Oc1c(F)cccc1[N+](=O)[O-]. The van der Waals surface area contributed by atoms with Gasteiger partial charge in [0.05, 0.1) is 4.92 Å². The zero-order chi connectivity index (χ0) is 14.7. The second-order valence-corrected chi connectivity index (χ2v) is 3.67. The van der Waals surface area contributed by atoms with Crippen LogP contribution < -0.4 is 4.74 Å². The fourth-order valence-corrected chi connectivity index (χ4v) is 1.55. The highest BCUT2D eigenvalue weighted by atomic mass is 19.1. The maximum Gasteiger partial charge on any atom is 0.314 e. The van der Waals surface area contributed by atoms with Crippen LogP contribution in [-0.4, -0.2) is 4.92 Å². The Bertz CT molecular complexity index is 726. The lowest BCUT2D eigenvalue weighted by atomic mass is 10.2. The third-order valence-corrected chi connectivity index (χ3v) is 2.44. The van der Waals surface area contributed by atoms with E-state index < -0.39 is 33.6 Å². The molecule has 0 atom stereocenters. The fourth-order valence-electron chi connectivity index (χ4n) is 1.55. The molecule has 2 aromatic rings. The van der Waals surface area contributed by atoms with E-state index in [4.69, 9.17) is 10.00 Å². The van der Waals surface area contributed by atoms with Gasteiger partial charge in [-0.25, -0.2) is 8.78 Å². The minimum Gasteiger partial charge on any atom is -0.446 e. The van der Waals surface area contributed by atoms with Crippen molar-refractivity contribution < 1.29 is 18.4 Å². The Labute approximate surface area is 111 Å². The molecule has 0 N–H and O–H groups in total. The van der Waals surface area contributed by atoms with E-state index in [2.05, 4.69) is 0 Å². The van der Waals surface area contributed by atoms with Gasteiger partial charge in [0, 0.05) is 6.07 Å². The number of hydrogen-bond acceptors (Lipinski definition) is 4. The first kappa shape index (κ1) is 13.4. The molecule has 0 aliphatic heterocycles. The number of halogens is 2.